The molecular formula is C17H25N5O10P2S. The third kappa shape index (κ3) is 6.23. The number of aliphatic hydroxyl groups is 1. The summed E-state index contributed by atoms with van der Waals surface area (Å²) in [5, 5.41) is 10.9. The van der Waals surface area contributed by atoms with Gasteiger partial charge in [-0.15, -0.1) is 0 Å². The molecule has 2 aliphatic rings. The lowest BCUT2D eigenvalue weighted by molar-refractivity contribution is -0.164. The Labute approximate surface area is 204 Å². The summed E-state index contributed by atoms with van der Waals surface area (Å²) in [4.78, 5) is 52.9. The average molecular weight is 553 g/mol. The highest BCUT2D eigenvalue weighted by Crippen LogP contribution is 2.58. The lowest BCUT2D eigenvalue weighted by atomic mass is 9.89. The van der Waals surface area contributed by atoms with Crippen molar-refractivity contribution in [2.45, 2.75) is 56.6 Å². The molecule has 0 radical (unpaired) electrons. The number of nitrogens with zero attached hydrogens (tertiary/aromatic N) is 4. The summed E-state index contributed by atoms with van der Waals surface area (Å²) in [7, 11) is -5.00. The monoisotopic (exact) mass is 553 g/mol. The summed E-state index contributed by atoms with van der Waals surface area (Å²) in [6.45, 7) is -5.24. The maximum Gasteiger partial charge on any atom is 0.479 e. The molecule has 194 valence electrons. The average Bonchev–Trinajstić information content (AvgIpc) is 3.34. The first-order chi connectivity index (χ1) is 16.5. The van der Waals surface area contributed by atoms with Crippen LogP contribution >= 0.6 is 14.5 Å². The first-order valence-electron chi connectivity index (χ1n) is 10.7. The molecule has 3 heterocycles. The summed E-state index contributed by atoms with van der Waals surface area (Å²) in [6.07, 6.45) is 1.47. The summed E-state index contributed by atoms with van der Waals surface area (Å²) < 4.78 is 33.7. The fourth-order valence-electron chi connectivity index (χ4n) is 4.16. The number of imidazole rings is 1. The number of phosphoric ester groups is 1. The Kier molecular flexibility index (Phi) is 7.88. The van der Waals surface area contributed by atoms with Crippen molar-refractivity contribution in [2.75, 3.05) is 12.3 Å². The molecule has 15 nitrogen and oxygen atoms in total. The molecule has 1 saturated heterocycles. The Morgan fingerprint density at radius 1 is 1.23 bits per heavy atom. The molecule has 0 amide bonds. The van der Waals surface area contributed by atoms with Gasteiger partial charge in [0, 0.05) is 0 Å². The van der Waals surface area contributed by atoms with Crippen molar-refractivity contribution >= 4 is 49.3 Å². The Morgan fingerprint density at radius 3 is 2.63 bits per heavy atom. The van der Waals surface area contributed by atoms with Crippen molar-refractivity contribution < 1.29 is 47.5 Å². The Hall–Kier alpha value is -1.58. The minimum atomic E-state index is -5.00. The smallest absolute Gasteiger partial charge is 0.454 e. The van der Waals surface area contributed by atoms with Gasteiger partial charge in [0.25, 0.3) is 0 Å². The van der Waals surface area contributed by atoms with Gasteiger partial charge >= 0.3 is 20.5 Å². The first-order valence-corrected chi connectivity index (χ1v) is 14.8. The number of esters is 1. The number of nitrogen functional groups attached to an aromatic ring is 1. The maximum absolute atomic E-state index is 12.9. The van der Waals surface area contributed by atoms with E-state index in [0.29, 0.717) is 12.8 Å². The van der Waals surface area contributed by atoms with Gasteiger partial charge < -0.3 is 35.0 Å². The number of nitrogens with two attached hydrogens (primary N) is 1. The summed E-state index contributed by atoms with van der Waals surface area (Å²) >= 11 is 4.18. The third-order valence-corrected chi connectivity index (χ3v) is 8.53. The second-order valence-corrected chi connectivity index (χ2v) is 12.5. The molecule has 0 bridgehead atoms. The van der Waals surface area contributed by atoms with Crippen molar-refractivity contribution in [1.82, 2.24) is 19.5 Å². The van der Waals surface area contributed by atoms with Crippen LogP contribution in [0.3, 0.4) is 0 Å². The number of aromatic nitrogens is 4. The van der Waals surface area contributed by atoms with Gasteiger partial charge in [0.05, 0.1) is 18.9 Å². The predicted molar refractivity (Wildman–Crippen MR) is 122 cm³/mol. The van der Waals surface area contributed by atoms with Crippen molar-refractivity contribution in [3.63, 3.8) is 0 Å². The van der Waals surface area contributed by atoms with Crippen LogP contribution in [0.25, 0.3) is 11.2 Å². The van der Waals surface area contributed by atoms with E-state index in [2.05, 4.69) is 31.1 Å². The molecule has 1 unspecified atom stereocenters. The number of carbonyl (C=O) groups excluding carboxylic acids is 1. The Bertz CT molecular complexity index is 1170. The standard InChI is InChI=1S/C17H25N5O10P2S/c18-14-11-15(20-7-19-14)22(8-21-11)16-13(31-17(24)9-4-2-1-3-5-9)12(23)10(30-16)6-29-33(25,26)32-34(27,28)35/h7-10,12-13,16,23H,1-6H2,(H,25,26)(H2,18,19,20)(H2,27,28,35)/t10-,12-,13-,16-/m1/s1. The van der Waals surface area contributed by atoms with Gasteiger partial charge in [0.2, 0.25) is 0 Å². The molecule has 4 rings (SSSR count). The van der Waals surface area contributed by atoms with Crippen LogP contribution in [0.4, 0.5) is 5.82 Å². The predicted octanol–water partition coefficient (Wildman–Crippen LogP) is 0.502. The lowest BCUT2D eigenvalue weighted by Crippen LogP contribution is -2.38. The molecule has 1 saturated carbocycles. The number of anilines is 1. The van der Waals surface area contributed by atoms with Crippen LogP contribution in [0.2, 0.25) is 0 Å². The molecule has 0 spiro atoms. The Balaban J connectivity index is 1.58. The normalized spacial score (nSPS) is 27.7. The van der Waals surface area contributed by atoms with Gasteiger partial charge in [-0.2, -0.15) is 0 Å². The van der Waals surface area contributed by atoms with E-state index in [0.717, 1.165) is 19.3 Å². The molecule has 18 heteroatoms. The van der Waals surface area contributed by atoms with E-state index < -0.39 is 51.7 Å². The van der Waals surface area contributed by atoms with Crippen LogP contribution in [0.1, 0.15) is 38.3 Å². The number of aliphatic hydroxyl groups excluding tert-OH is 1. The number of carbonyl (C=O) groups is 1. The van der Waals surface area contributed by atoms with Crippen LogP contribution in [0.15, 0.2) is 12.7 Å². The molecule has 1 aliphatic carbocycles. The summed E-state index contributed by atoms with van der Waals surface area (Å²) in [5.74, 6) is -0.723. The number of phosphoric acid groups is 1. The van der Waals surface area contributed by atoms with Crippen LogP contribution in [-0.4, -0.2) is 70.2 Å². The van der Waals surface area contributed by atoms with Crippen LogP contribution < -0.4 is 5.73 Å². The number of rotatable bonds is 8. The highest BCUT2D eigenvalue weighted by Gasteiger charge is 2.49. The van der Waals surface area contributed by atoms with Crippen LogP contribution in [0.5, 0.6) is 0 Å². The molecule has 2 aromatic rings. The van der Waals surface area contributed by atoms with Gasteiger partial charge in [-0.25, -0.2) is 23.8 Å². The fraction of sp³-hybridized carbons (Fsp3) is 0.647. The SMILES string of the molecule is Nc1ncnc2c1ncn2[C@@H]1O[C@H](COP(=O)(O)OP(O)(O)=S)[C@@H](O)[C@H]1OC(=O)C1CCCCC1. The molecule has 2 fully saturated rings. The van der Waals surface area contributed by atoms with Crippen molar-refractivity contribution in [3.05, 3.63) is 12.7 Å². The lowest BCUT2D eigenvalue weighted by Gasteiger charge is -2.26. The molecule has 6 N–H and O–H groups in total. The molecule has 35 heavy (non-hydrogen) atoms. The zero-order valence-corrected chi connectivity index (χ0v) is 20.8. The number of hydrogen-bond acceptors (Lipinski definition) is 12. The Morgan fingerprint density at radius 2 is 1.94 bits per heavy atom. The van der Waals surface area contributed by atoms with Gasteiger partial charge in [-0.05, 0) is 24.6 Å². The van der Waals surface area contributed by atoms with Crippen LogP contribution in [0, 0.1) is 5.92 Å². The number of ether oxygens (including phenoxy) is 2. The van der Waals surface area contributed by atoms with E-state index in [4.69, 9.17) is 29.5 Å². The largest absolute Gasteiger partial charge is 0.479 e. The highest BCUT2D eigenvalue weighted by atomic mass is 32.5. The van der Waals surface area contributed by atoms with E-state index >= 15 is 0 Å². The second kappa shape index (κ2) is 10.4. The zero-order valence-electron chi connectivity index (χ0n) is 18.2. The van der Waals surface area contributed by atoms with E-state index in [1.54, 1.807) is 0 Å². The van der Waals surface area contributed by atoms with Gasteiger partial charge in [0.15, 0.2) is 23.8 Å². The minimum Gasteiger partial charge on any atom is -0.454 e. The topological polar surface area (TPSA) is 222 Å². The van der Waals surface area contributed by atoms with E-state index in [-0.39, 0.29) is 22.9 Å². The minimum absolute atomic E-state index is 0.102. The van der Waals surface area contributed by atoms with E-state index in [9.17, 15) is 19.4 Å². The maximum atomic E-state index is 12.9. The first kappa shape index (κ1) is 26.5. The van der Waals surface area contributed by atoms with Gasteiger partial charge in [-0.1, -0.05) is 19.3 Å². The highest BCUT2D eigenvalue weighted by molar-refractivity contribution is 8.08. The van der Waals surface area contributed by atoms with Crippen LogP contribution in [-0.2, 0) is 39.5 Å². The number of hydrogen-bond donors (Lipinski definition) is 5. The third-order valence-electron chi connectivity index (χ3n) is 5.78. The molecule has 2 aromatic heterocycles. The van der Waals surface area contributed by atoms with Crippen molar-refractivity contribution in [1.29, 1.82) is 0 Å². The molecule has 1 aliphatic heterocycles. The summed E-state index contributed by atoms with van der Waals surface area (Å²) in [5.41, 5.74) is 6.34. The second-order valence-electron chi connectivity index (χ2n) is 8.21. The van der Waals surface area contributed by atoms with Gasteiger partial charge in [0.1, 0.15) is 24.1 Å². The van der Waals surface area contributed by atoms with Crippen molar-refractivity contribution in [2.24, 2.45) is 5.92 Å². The fourth-order valence-corrected chi connectivity index (χ4v) is 6.51. The quantitative estimate of drug-likeness (QED) is 0.222. The van der Waals surface area contributed by atoms with E-state index in [1.807, 2.05) is 0 Å². The zero-order chi connectivity index (χ0) is 25.4. The van der Waals surface area contributed by atoms with Crippen molar-refractivity contribution in [3.8, 4) is 0 Å². The number of fused-ring (bicyclic) bond motifs is 1. The van der Waals surface area contributed by atoms with E-state index in [1.165, 1.54) is 17.2 Å². The molecule has 0 aromatic carbocycles. The molecular weight excluding hydrogens is 528 g/mol. The summed E-state index contributed by atoms with van der Waals surface area (Å²) in [6, 6.07) is 0. The molecule has 5 atom stereocenters. The van der Waals surface area contributed by atoms with Gasteiger partial charge in [-0.3, -0.25) is 13.9 Å².